The molecule has 0 saturated heterocycles. The van der Waals surface area contributed by atoms with Crippen molar-refractivity contribution in [3.05, 3.63) is 90.1 Å². The maximum absolute atomic E-state index is 12.4. The van der Waals surface area contributed by atoms with Crippen LogP contribution in [0.3, 0.4) is 0 Å². The van der Waals surface area contributed by atoms with Crippen LogP contribution in [0.4, 0.5) is 5.69 Å². The number of para-hydroxylation sites is 4. The number of carbonyl (C=O) groups excluding carboxylic acids is 1. The lowest BCUT2D eigenvalue weighted by Gasteiger charge is -2.12. The molecular weight excluding hydrogens is 394 g/mol. The molecule has 0 atom stereocenters. The molecule has 0 spiro atoms. The molecule has 30 heavy (non-hydrogen) atoms. The van der Waals surface area contributed by atoms with Crippen molar-refractivity contribution in [2.75, 3.05) is 18.2 Å². The third-order valence-electron chi connectivity index (χ3n) is 4.55. The van der Waals surface area contributed by atoms with E-state index in [0.29, 0.717) is 6.42 Å². The molecule has 0 saturated carbocycles. The number of nitrogens with one attached hydrogen (secondary N) is 1. The van der Waals surface area contributed by atoms with Gasteiger partial charge in [0.05, 0.1) is 29.6 Å². The predicted octanol–water partition coefficient (Wildman–Crippen LogP) is 4.96. The number of carbonyl (C=O) groups is 1. The van der Waals surface area contributed by atoms with Gasteiger partial charge in [-0.15, -0.1) is 0 Å². The number of rotatable bonds is 7. The number of aromatic nitrogens is 2. The second-order valence-corrected chi connectivity index (χ2v) is 7.62. The number of amides is 1. The molecule has 0 aliphatic carbocycles. The number of methoxy groups -OCH3 is 1. The van der Waals surface area contributed by atoms with Gasteiger partial charge in [0.2, 0.25) is 5.91 Å². The third kappa shape index (κ3) is 4.78. The predicted molar refractivity (Wildman–Crippen MR) is 121 cm³/mol. The summed E-state index contributed by atoms with van der Waals surface area (Å²) in [6, 6.07) is 25.1. The van der Waals surface area contributed by atoms with Crippen LogP contribution < -0.4 is 10.1 Å². The maximum Gasteiger partial charge on any atom is 0.234 e. The lowest BCUT2D eigenvalue weighted by Crippen LogP contribution is -2.14. The van der Waals surface area contributed by atoms with Gasteiger partial charge in [-0.2, -0.15) is 0 Å². The van der Waals surface area contributed by atoms with Gasteiger partial charge in [0.1, 0.15) is 10.8 Å². The first-order valence-corrected chi connectivity index (χ1v) is 10.6. The van der Waals surface area contributed by atoms with Crippen molar-refractivity contribution >= 4 is 34.4 Å². The van der Waals surface area contributed by atoms with Gasteiger partial charge in [0, 0.05) is 17.7 Å². The van der Waals surface area contributed by atoms with Gasteiger partial charge in [-0.05, 0) is 30.3 Å². The lowest BCUT2D eigenvalue weighted by molar-refractivity contribution is -0.113. The molecule has 0 fully saturated rings. The number of anilines is 1. The Bertz CT molecular complexity index is 1170. The molecule has 4 rings (SSSR count). The summed E-state index contributed by atoms with van der Waals surface area (Å²) in [6.07, 6.45) is 0.574. The number of hydrogen-bond acceptors (Lipinski definition) is 5. The molecule has 4 aromatic rings. The molecule has 6 heteroatoms. The van der Waals surface area contributed by atoms with E-state index in [4.69, 9.17) is 14.7 Å². The Hall–Kier alpha value is -3.38. The molecule has 0 aliphatic rings. The zero-order valence-corrected chi connectivity index (χ0v) is 17.4. The summed E-state index contributed by atoms with van der Waals surface area (Å²) in [5.41, 5.74) is 4.28. The molecular formula is C24H21N3O2S. The van der Waals surface area contributed by atoms with E-state index in [-0.39, 0.29) is 11.7 Å². The van der Waals surface area contributed by atoms with Crippen LogP contribution in [0, 0.1) is 0 Å². The molecule has 1 heterocycles. The molecule has 0 radical (unpaired) electrons. The zero-order chi connectivity index (χ0) is 20.8. The standard InChI is InChI=1S/C24H21N3O2S/c1-29-22-14-8-5-9-17(22)15-21-24(27-20-13-7-6-12-19(20)26-21)30-16-23(28)25-18-10-3-2-4-11-18/h2-14H,15-16H2,1H3,(H,25,28). The highest BCUT2D eigenvalue weighted by Crippen LogP contribution is 2.27. The lowest BCUT2D eigenvalue weighted by atomic mass is 10.1. The first kappa shape index (κ1) is 19.9. The van der Waals surface area contributed by atoms with Crippen molar-refractivity contribution in [3.63, 3.8) is 0 Å². The Morgan fingerprint density at radius 3 is 2.33 bits per heavy atom. The summed E-state index contributed by atoms with van der Waals surface area (Å²) < 4.78 is 5.49. The van der Waals surface area contributed by atoms with Crippen LogP contribution in [0.15, 0.2) is 83.9 Å². The summed E-state index contributed by atoms with van der Waals surface area (Å²) in [7, 11) is 1.66. The number of ether oxygens (including phenoxy) is 1. The van der Waals surface area contributed by atoms with E-state index in [1.54, 1.807) is 7.11 Å². The van der Waals surface area contributed by atoms with Gasteiger partial charge in [0.15, 0.2) is 0 Å². The first-order chi connectivity index (χ1) is 14.7. The fraction of sp³-hybridized carbons (Fsp3) is 0.125. The van der Waals surface area contributed by atoms with E-state index in [2.05, 4.69) is 5.32 Å². The smallest absolute Gasteiger partial charge is 0.234 e. The number of benzene rings is 3. The van der Waals surface area contributed by atoms with Crippen molar-refractivity contribution in [1.29, 1.82) is 0 Å². The number of fused-ring (bicyclic) bond motifs is 1. The van der Waals surface area contributed by atoms with E-state index in [1.165, 1.54) is 11.8 Å². The van der Waals surface area contributed by atoms with Crippen molar-refractivity contribution in [2.45, 2.75) is 11.4 Å². The van der Waals surface area contributed by atoms with Crippen LogP contribution in [0.2, 0.25) is 0 Å². The SMILES string of the molecule is COc1ccccc1Cc1nc2ccccc2nc1SCC(=O)Nc1ccccc1. The maximum atomic E-state index is 12.4. The molecule has 0 unspecified atom stereocenters. The van der Waals surface area contributed by atoms with E-state index in [1.807, 2.05) is 78.9 Å². The molecule has 0 aliphatic heterocycles. The van der Waals surface area contributed by atoms with Gasteiger partial charge >= 0.3 is 0 Å². The van der Waals surface area contributed by atoms with E-state index in [9.17, 15) is 4.79 Å². The van der Waals surface area contributed by atoms with Crippen LogP contribution in [-0.2, 0) is 11.2 Å². The Kier molecular flexibility index (Phi) is 6.25. The topological polar surface area (TPSA) is 64.1 Å². The average molecular weight is 416 g/mol. The number of nitrogens with zero attached hydrogens (tertiary/aromatic N) is 2. The molecule has 5 nitrogen and oxygen atoms in total. The first-order valence-electron chi connectivity index (χ1n) is 9.58. The average Bonchev–Trinajstić information content (AvgIpc) is 2.78. The Labute approximate surface area is 179 Å². The van der Waals surface area contributed by atoms with Crippen LogP contribution >= 0.6 is 11.8 Å². The van der Waals surface area contributed by atoms with E-state index < -0.39 is 0 Å². The summed E-state index contributed by atoms with van der Waals surface area (Å²) in [4.78, 5) is 22.0. The summed E-state index contributed by atoms with van der Waals surface area (Å²) in [6.45, 7) is 0. The highest BCUT2D eigenvalue weighted by molar-refractivity contribution is 8.00. The quantitative estimate of drug-likeness (QED) is 0.432. The summed E-state index contributed by atoms with van der Waals surface area (Å²) in [5.74, 6) is 0.982. The molecule has 1 aromatic heterocycles. The van der Waals surface area contributed by atoms with Crippen LogP contribution in [0.1, 0.15) is 11.3 Å². The Morgan fingerprint density at radius 1 is 0.900 bits per heavy atom. The van der Waals surface area contributed by atoms with Crippen LogP contribution in [0.25, 0.3) is 11.0 Å². The van der Waals surface area contributed by atoms with Gasteiger partial charge in [0.25, 0.3) is 0 Å². The fourth-order valence-corrected chi connectivity index (χ4v) is 3.92. The molecule has 0 bridgehead atoms. The Morgan fingerprint density at radius 2 is 1.57 bits per heavy atom. The van der Waals surface area contributed by atoms with E-state index in [0.717, 1.165) is 38.8 Å². The summed E-state index contributed by atoms with van der Waals surface area (Å²) >= 11 is 1.40. The van der Waals surface area contributed by atoms with Crippen molar-refractivity contribution < 1.29 is 9.53 Å². The highest BCUT2D eigenvalue weighted by Gasteiger charge is 2.14. The monoisotopic (exact) mass is 415 g/mol. The second kappa shape index (κ2) is 9.41. The van der Waals surface area contributed by atoms with E-state index >= 15 is 0 Å². The number of hydrogen-bond donors (Lipinski definition) is 1. The van der Waals surface area contributed by atoms with Crippen molar-refractivity contribution in [1.82, 2.24) is 9.97 Å². The normalized spacial score (nSPS) is 10.7. The van der Waals surface area contributed by atoms with Crippen molar-refractivity contribution in [2.24, 2.45) is 0 Å². The van der Waals surface area contributed by atoms with Gasteiger partial charge in [-0.1, -0.05) is 60.3 Å². The Balaban J connectivity index is 1.59. The minimum Gasteiger partial charge on any atom is -0.496 e. The van der Waals surface area contributed by atoms with Gasteiger partial charge in [-0.3, -0.25) is 4.79 Å². The van der Waals surface area contributed by atoms with Gasteiger partial charge in [-0.25, -0.2) is 9.97 Å². The molecule has 1 amide bonds. The van der Waals surface area contributed by atoms with Crippen LogP contribution in [-0.4, -0.2) is 28.7 Å². The minimum atomic E-state index is -0.0793. The molecule has 1 N–H and O–H groups in total. The highest BCUT2D eigenvalue weighted by atomic mass is 32.2. The minimum absolute atomic E-state index is 0.0793. The zero-order valence-electron chi connectivity index (χ0n) is 16.5. The largest absolute Gasteiger partial charge is 0.496 e. The number of thioether (sulfide) groups is 1. The van der Waals surface area contributed by atoms with Crippen LogP contribution in [0.5, 0.6) is 5.75 Å². The fourth-order valence-electron chi connectivity index (χ4n) is 3.13. The molecule has 3 aromatic carbocycles. The molecule has 150 valence electrons. The summed E-state index contributed by atoms with van der Waals surface area (Å²) in [5, 5.41) is 3.66. The second-order valence-electron chi connectivity index (χ2n) is 6.66. The third-order valence-corrected chi connectivity index (χ3v) is 5.56. The van der Waals surface area contributed by atoms with Crippen molar-refractivity contribution in [3.8, 4) is 5.75 Å². The van der Waals surface area contributed by atoms with Gasteiger partial charge < -0.3 is 10.1 Å².